The van der Waals surface area contributed by atoms with Crippen LogP contribution in [0.15, 0.2) is 54.6 Å². The van der Waals surface area contributed by atoms with Crippen molar-refractivity contribution in [3.63, 3.8) is 0 Å². The molecule has 0 aliphatic carbocycles. The number of hydrogen-bond donors (Lipinski definition) is 1. The lowest BCUT2D eigenvalue weighted by Crippen LogP contribution is -2.39. The van der Waals surface area contributed by atoms with E-state index in [2.05, 4.69) is 69.7 Å². The fraction of sp³-hybridized carbons (Fsp3) is 0.417. The van der Waals surface area contributed by atoms with E-state index in [9.17, 15) is 0 Å². The molecule has 0 radical (unpaired) electrons. The zero-order valence-corrected chi connectivity index (χ0v) is 16.9. The smallest absolute Gasteiger partial charge is 0.225 e. The summed E-state index contributed by atoms with van der Waals surface area (Å²) in [6, 6.07) is 19.6. The van der Waals surface area contributed by atoms with Gasteiger partial charge in [0.1, 0.15) is 5.82 Å². The number of anilines is 2. The summed E-state index contributed by atoms with van der Waals surface area (Å²) in [5, 5.41) is 4.81. The van der Waals surface area contributed by atoms with Gasteiger partial charge in [0, 0.05) is 44.2 Å². The second kappa shape index (κ2) is 8.37. The molecule has 3 aromatic rings. The summed E-state index contributed by atoms with van der Waals surface area (Å²) >= 11 is 0. The monoisotopic (exact) mass is 387 g/mol. The number of aromatic nitrogens is 2. The molecule has 2 aliphatic rings. The lowest BCUT2D eigenvalue weighted by Gasteiger charge is -2.32. The molecule has 1 aromatic heterocycles. The molecule has 2 saturated heterocycles. The van der Waals surface area contributed by atoms with Gasteiger partial charge in [-0.3, -0.25) is 4.90 Å². The molecule has 3 heterocycles. The third-order valence-corrected chi connectivity index (χ3v) is 6.16. The van der Waals surface area contributed by atoms with Gasteiger partial charge < -0.3 is 10.2 Å². The third kappa shape index (κ3) is 4.20. The Morgan fingerprint density at radius 2 is 1.55 bits per heavy atom. The number of likely N-dealkylation sites (tertiary alicyclic amines) is 1. The number of fused-ring (bicyclic) bond motifs is 1. The number of benzene rings is 2. The zero-order chi connectivity index (χ0) is 19.5. The molecule has 0 amide bonds. The Morgan fingerprint density at radius 3 is 2.34 bits per heavy atom. The van der Waals surface area contributed by atoms with Gasteiger partial charge in [0.25, 0.3) is 0 Å². The van der Waals surface area contributed by atoms with E-state index in [0.29, 0.717) is 6.04 Å². The number of nitrogens with zero attached hydrogens (tertiary/aromatic N) is 4. The van der Waals surface area contributed by atoms with Crippen molar-refractivity contribution in [1.29, 1.82) is 0 Å². The highest BCUT2D eigenvalue weighted by molar-refractivity contribution is 5.90. The Hall–Kier alpha value is -2.66. The van der Waals surface area contributed by atoms with E-state index >= 15 is 0 Å². The third-order valence-electron chi connectivity index (χ3n) is 6.16. The van der Waals surface area contributed by atoms with Crippen LogP contribution in [0.1, 0.15) is 31.2 Å². The molecule has 0 bridgehead atoms. The molecule has 0 atom stereocenters. The van der Waals surface area contributed by atoms with E-state index in [1.54, 1.807) is 0 Å². The van der Waals surface area contributed by atoms with Crippen LogP contribution in [0.2, 0.25) is 0 Å². The van der Waals surface area contributed by atoms with E-state index in [1.807, 2.05) is 0 Å². The van der Waals surface area contributed by atoms with Gasteiger partial charge in [0.2, 0.25) is 5.95 Å². The Labute approximate surface area is 172 Å². The Kier molecular flexibility index (Phi) is 5.31. The van der Waals surface area contributed by atoms with Crippen molar-refractivity contribution in [2.45, 2.75) is 38.3 Å². The van der Waals surface area contributed by atoms with Gasteiger partial charge in [-0.05, 0) is 43.4 Å². The molecule has 1 N–H and O–H groups in total. The molecule has 0 saturated carbocycles. The van der Waals surface area contributed by atoms with Crippen LogP contribution in [0.25, 0.3) is 10.9 Å². The Bertz CT molecular complexity index is 944. The second-order valence-corrected chi connectivity index (χ2v) is 8.26. The lowest BCUT2D eigenvalue weighted by molar-refractivity contribution is 0.211. The van der Waals surface area contributed by atoms with E-state index in [-0.39, 0.29) is 0 Å². The van der Waals surface area contributed by atoms with Crippen LogP contribution in [0.4, 0.5) is 11.8 Å². The van der Waals surface area contributed by atoms with Gasteiger partial charge >= 0.3 is 0 Å². The maximum Gasteiger partial charge on any atom is 0.225 e. The second-order valence-electron chi connectivity index (χ2n) is 8.26. The van der Waals surface area contributed by atoms with E-state index in [1.165, 1.54) is 18.4 Å². The summed E-state index contributed by atoms with van der Waals surface area (Å²) in [5.41, 5.74) is 2.43. The van der Waals surface area contributed by atoms with Crippen molar-refractivity contribution in [2.75, 3.05) is 36.4 Å². The summed E-state index contributed by atoms with van der Waals surface area (Å²) < 4.78 is 0. The van der Waals surface area contributed by atoms with Crippen LogP contribution < -0.4 is 10.2 Å². The molecule has 5 heteroatoms. The fourth-order valence-corrected chi connectivity index (χ4v) is 4.55. The molecule has 2 aliphatic heterocycles. The average molecular weight is 388 g/mol. The van der Waals surface area contributed by atoms with Gasteiger partial charge in [0.05, 0.1) is 5.52 Å². The lowest BCUT2D eigenvalue weighted by atomic mass is 10.0. The summed E-state index contributed by atoms with van der Waals surface area (Å²) in [6.45, 7) is 5.45. The van der Waals surface area contributed by atoms with Crippen LogP contribution in [0, 0.1) is 0 Å². The van der Waals surface area contributed by atoms with Gasteiger partial charge in [-0.25, -0.2) is 4.98 Å². The van der Waals surface area contributed by atoms with Crippen LogP contribution in [0.3, 0.4) is 0 Å². The quantitative estimate of drug-likeness (QED) is 0.707. The summed E-state index contributed by atoms with van der Waals surface area (Å²) in [7, 11) is 0. The highest BCUT2D eigenvalue weighted by atomic mass is 15.2. The summed E-state index contributed by atoms with van der Waals surface area (Å²) in [6.07, 6.45) is 4.76. The van der Waals surface area contributed by atoms with Crippen LogP contribution >= 0.6 is 0 Å². The SMILES string of the molecule is c1ccc(CN2CCC(Nc3nc(N4CCCC4)c4ccccc4n3)CC2)cc1. The first-order chi connectivity index (χ1) is 14.3. The normalized spacial score (nSPS) is 18.4. The highest BCUT2D eigenvalue weighted by Gasteiger charge is 2.22. The maximum absolute atomic E-state index is 4.95. The predicted octanol–water partition coefficient (Wildman–Crippen LogP) is 4.31. The van der Waals surface area contributed by atoms with Gasteiger partial charge in [-0.1, -0.05) is 42.5 Å². The van der Waals surface area contributed by atoms with Crippen molar-refractivity contribution in [2.24, 2.45) is 0 Å². The van der Waals surface area contributed by atoms with Crippen molar-refractivity contribution in [1.82, 2.24) is 14.9 Å². The number of nitrogens with one attached hydrogen (secondary N) is 1. The number of hydrogen-bond acceptors (Lipinski definition) is 5. The van der Waals surface area contributed by atoms with Crippen molar-refractivity contribution >= 4 is 22.7 Å². The minimum absolute atomic E-state index is 0.439. The maximum atomic E-state index is 4.95. The molecule has 0 unspecified atom stereocenters. The molecule has 29 heavy (non-hydrogen) atoms. The standard InChI is InChI=1S/C24H29N5/c1-2-8-19(9-3-1)18-28-16-12-20(13-17-28)25-24-26-22-11-5-4-10-21(22)23(27-24)29-14-6-7-15-29/h1-5,8-11,20H,6-7,12-18H2,(H,25,26,27). The van der Waals surface area contributed by atoms with Gasteiger partial charge in [-0.15, -0.1) is 0 Å². The van der Waals surface area contributed by atoms with E-state index in [4.69, 9.17) is 9.97 Å². The molecule has 5 rings (SSSR count). The van der Waals surface area contributed by atoms with E-state index in [0.717, 1.165) is 68.2 Å². The van der Waals surface area contributed by atoms with E-state index < -0.39 is 0 Å². The largest absolute Gasteiger partial charge is 0.356 e. The van der Waals surface area contributed by atoms with Crippen molar-refractivity contribution < 1.29 is 0 Å². The van der Waals surface area contributed by atoms with Gasteiger partial charge in [-0.2, -0.15) is 4.98 Å². The first-order valence-electron chi connectivity index (χ1n) is 10.9. The fourth-order valence-electron chi connectivity index (χ4n) is 4.55. The Morgan fingerprint density at radius 1 is 0.828 bits per heavy atom. The summed E-state index contributed by atoms with van der Waals surface area (Å²) in [5.74, 6) is 1.88. The molecule has 5 nitrogen and oxygen atoms in total. The van der Waals surface area contributed by atoms with Gasteiger partial charge in [0.15, 0.2) is 0 Å². The molecule has 150 valence electrons. The minimum Gasteiger partial charge on any atom is -0.356 e. The van der Waals surface area contributed by atoms with Crippen LogP contribution in [-0.4, -0.2) is 47.1 Å². The molecule has 2 fully saturated rings. The van der Waals surface area contributed by atoms with Crippen molar-refractivity contribution in [3.8, 4) is 0 Å². The predicted molar refractivity (Wildman–Crippen MR) is 119 cm³/mol. The van der Waals surface area contributed by atoms with Crippen LogP contribution in [0.5, 0.6) is 0 Å². The number of rotatable bonds is 5. The highest BCUT2D eigenvalue weighted by Crippen LogP contribution is 2.28. The topological polar surface area (TPSA) is 44.3 Å². The molecular weight excluding hydrogens is 358 g/mol. The zero-order valence-electron chi connectivity index (χ0n) is 16.9. The van der Waals surface area contributed by atoms with Crippen molar-refractivity contribution in [3.05, 3.63) is 60.2 Å². The van der Waals surface area contributed by atoms with Crippen LogP contribution in [-0.2, 0) is 6.54 Å². The minimum atomic E-state index is 0.439. The number of piperidine rings is 1. The average Bonchev–Trinajstić information content (AvgIpc) is 3.30. The number of para-hydroxylation sites is 1. The Balaban J connectivity index is 1.27. The summed E-state index contributed by atoms with van der Waals surface area (Å²) in [4.78, 5) is 14.7. The first-order valence-corrected chi connectivity index (χ1v) is 10.9. The molecule has 2 aromatic carbocycles. The molecule has 0 spiro atoms. The first kappa shape index (κ1) is 18.4. The molecular formula is C24H29N5.